The zero-order valence-corrected chi connectivity index (χ0v) is 17.9. The van der Waals surface area contributed by atoms with Gasteiger partial charge in [-0.1, -0.05) is 23.5 Å². The Morgan fingerprint density at radius 2 is 1.97 bits per heavy atom. The van der Waals surface area contributed by atoms with Crippen LogP contribution in [0.5, 0.6) is 0 Å². The number of carbonyl (C=O) groups excluding carboxylic acids is 1. The van der Waals surface area contributed by atoms with Crippen LogP contribution in [0.1, 0.15) is 30.5 Å². The Kier molecular flexibility index (Phi) is 5.88. The highest BCUT2D eigenvalue weighted by Crippen LogP contribution is 2.28. The standard InChI is InChI=1S/C22H24F2N4OS/c1-14-26-27-21(30-14)16-3-4-17-12-25-19(10-18(17)9-16)11-20(29)15-5-7-28(8-6-15)13-22(2,23)24/h3-4,9-10,12,15H,5-8,11,13H2,1-2H3. The number of alkyl halides is 2. The van der Waals surface area contributed by atoms with Crippen LogP contribution in [0.15, 0.2) is 30.5 Å². The Hall–Kier alpha value is -2.32. The SMILES string of the molecule is Cc1nnc(-c2ccc3cnc(CC(=O)C4CCN(CC(C)(F)F)CC4)cc3c2)s1. The highest BCUT2D eigenvalue weighted by molar-refractivity contribution is 7.14. The maximum atomic E-state index is 13.2. The quantitative estimate of drug-likeness (QED) is 0.575. The third-order valence-corrected chi connectivity index (χ3v) is 6.34. The molecule has 0 saturated carbocycles. The number of rotatable bonds is 6. The maximum absolute atomic E-state index is 13.2. The number of halogens is 2. The van der Waals surface area contributed by atoms with Gasteiger partial charge in [0.05, 0.1) is 6.54 Å². The van der Waals surface area contributed by atoms with Crippen molar-refractivity contribution in [3.8, 4) is 10.6 Å². The normalized spacial score (nSPS) is 16.3. The Morgan fingerprint density at radius 1 is 1.20 bits per heavy atom. The molecule has 1 aliphatic rings. The first-order chi connectivity index (χ1) is 14.3. The van der Waals surface area contributed by atoms with E-state index in [9.17, 15) is 13.6 Å². The molecule has 5 nitrogen and oxygen atoms in total. The summed E-state index contributed by atoms with van der Waals surface area (Å²) < 4.78 is 26.4. The molecule has 3 aromatic rings. The number of hydrogen-bond acceptors (Lipinski definition) is 6. The van der Waals surface area contributed by atoms with E-state index in [-0.39, 0.29) is 24.7 Å². The summed E-state index contributed by atoms with van der Waals surface area (Å²) in [4.78, 5) is 19.0. The van der Waals surface area contributed by atoms with E-state index >= 15 is 0 Å². The molecule has 3 heterocycles. The number of fused-ring (bicyclic) bond motifs is 1. The van der Waals surface area contributed by atoms with Gasteiger partial charge in [0.15, 0.2) is 0 Å². The summed E-state index contributed by atoms with van der Waals surface area (Å²) in [5.41, 5.74) is 1.73. The highest BCUT2D eigenvalue weighted by atomic mass is 32.1. The molecule has 1 aromatic carbocycles. The van der Waals surface area contributed by atoms with Gasteiger partial charge in [-0.2, -0.15) is 0 Å². The van der Waals surface area contributed by atoms with E-state index in [0.717, 1.165) is 39.0 Å². The molecule has 0 N–H and O–H groups in total. The second kappa shape index (κ2) is 8.43. The molecule has 0 radical (unpaired) electrons. The minimum Gasteiger partial charge on any atom is -0.299 e. The van der Waals surface area contributed by atoms with Crippen molar-refractivity contribution in [1.29, 1.82) is 0 Å². The number of piperidine rings is 1. The van der Waals surface area contributed by atoms with E-state index in [2.05, 4.69) is 15.2 Å². The van der Waals surface area contributed by atoms with Crippen molar-refractivity contribution in [3.63, 3.8) is 0 Å². The Morgan fingerprint density at radius 3 is 2.63 bits per heavy atom. The van der Waals surface area contributed by atoms with Crippen molar-refractivity contribution in [2.75, 3.05) is 19.6 Å². The van der Waals surface area contributed by atoms with Gasteiger partial charge < -0.3 is 0 Å². The Labute approximate surface area is 178 Å². The molecule has 0 amide bonds. The average Bonchev–Trinajstić information content (AvgIpc) is 3.13. The van der Waals surface area contributed by atoms with Crippen LogP contribution in [0.3, 0.4) is 0 Å². The largest absolute Gasteiger partial charge is 0.299 e. The molecule has 1 fully saturated rings. The van der Waals surface area contributed by atoms with Gasteiger partial charge >= 0.3 is 0 Å². The van der Waals surface area contributed by atoms with Gasteiger partial charge in [-0.05, 0) is 50.4 Å². The predicted octanol–water partition coefficient (Wildman–Crippen LogP) is 4.54. The molecular weight excluding hydrogens is 406 g/mol. The molecule has 30 heavy (non-hydrogen) atoms. The summed E-state index contributed by atoms with van der Waals surface area (Å²) >= 11 is 1.54. The lowest BCUT2D eigenvalue weighted by Gasteiger charge is -2.32. The minimum absolute atomic E-state index is 0.0834. The van der Waals surface area contributed by atoms with E-state index in [0.29, 0.717) is 25.9 Å². The Bertz CT molecular complexity index is 1050. The fourth-order valence-corrected chi connectivity index (χ4v) is 4.65. The second-order valence-corrected chi connectivity index (χ2v) is 9.31. The zero-order valence-electron chi connectivity index (χ0n) is 17.1. The summed E-state index contributed by atoms with van der Waals surface area (Å²) in [6.45, 7) is 3.70. The van der Waals surface area contributed by atoms with Gasteiger partial charge in [0, 0.05) is 42.1 Å². The summed E-state index contributed by atoms with van der Waals surface area (Å²) in [6, 6.07) is 8.01. The predicted molar refractivity (Wildman–Crippen MR) is 114 cm³/mol. The number of pyridine rings is 1. The monoisotopic (exact) mass is 430 g/mol. The van der Waals surface area contributed by atoms with Gasteiger partial charge in [0.2, 0.25) is 0 Å². The van der Waals surface area contributed by atoms with Crippen LogP contribution in [-0.2, 0) is 11.2 Å². The van der Waals surface area contributed by atoms with Crippen molar-refractivity contribution in [1.82, 2.24) is 20.1 Å². The summed E-state index contributed by atoms with van der Waals surface area (Å²) in [7, 11) is 0. The van der Waals surface area contributed by atoms with Crippen LogP contribution in [-0.4, -0.2) is 51.4 Å². The lowest BCUT2D eigenvalue weighted by atomic mass is 9.90. The van der Waals surface area contributed by atoms with E-state index < -0.39 is 5.92 Å². The maximum Gasteiger partial charge on any atom is 0.257 e. The van der Waals surface area contributed by atoms with E-state index in [1.807, 2.05) is 31.2 Å². The van der Waals surface area contributed by atoms with Gasteiger partial charge in [0.1, 0.15) is 15.8 Å². The fraction of sp³-hybridized carbons (Fsp3) is 0.455. The number of Topliss-reactive ketones (excluding diaryl/α,β-unsaturated/α-hetero) is 1. The van der Waals surface area contributed by atoms with Crippen molar-refractivity contribution in [2.45, 2.75) is 39.0 Å². The van der Waals surface area contributed by atoms with Crippen LogP contribution in [0.25, 0.3) is 21.3 Å². The zero-order chi connectivity index (χ0) is 21.3. The number of nitrogens with zero attached hydrogens (tertiary/aromatic N) is 4. The highest BCUT2D eigenvalue weighted by Gasteiger charge is 2.30. The molecule has 1 aliphatic heterocycles. The van der Waals surface area contributed by atoms with Crippen LogP contribution >= 0.6 is 11.3 Å². The van der Waals surface area contributed by atoms with Gasteiger partial charge in [-0.25, -0.2) is 8.78 Å². The number of ketones is 1. The van der Waals surface area contributed by atoms with Crippen LogP contribution in [0, 0.1) is 12.8 Å². The van der Waals surface area contributed by atoms with E-state index in [1.165, 1.54) is 0 Å². The summed E-state index contributed by atoms with van der Waals surface area (Å²) in [5, 5.41) is 12.1. The molecule has 0 bridgehead atoms. The molecule has 0 spiro atoms. The molecule has 8 heteroatoms. The first kappa shape index (κ1) is 20.9. The number of likely N-dealkylation sites (tertiary alicyclic amines) is 1. The van der Waals surface area contributed by atoms with Crippen molar-refractivity contribution in [3.05, 3.63) is 41.2 Å². The van der Waals surface area contributed by atoms with E-state index in [1.54, 1.807) is 22.4 Å². The topological polar surface area (TPSA) is 59.0 Å². The van der Waals surface area contributed by atoms with Gasteiger partial charge in [0.25, 0.3) is 5.92 Å². The summed E-state index contributed by atoms with van der Waals surface area (Å²) in [5.74, 6) is -2.64. The second-order valence-electron chi connectivity index (χ2n) is 8.13. The molecule has 158 valence electrons. The van der Waals surface area contributed by atoms with Crippen molar-refractivity contribution in [2.24, 2.45) is 5.92 Å². The van der Waals surface area contributed by atoms with Crippen LogP contribution in [0.2, 0.25) is 0 Å². The number of aromatic nitrogens is 3. The third kappa shape index (κ3) is 5.05. The number of aryl methyl sites for hydroxylation is 1. The lowest BCUT2D eigenvalue weighted by molar-refractivity contribution is -0.124. The molecule has 0 unspecified atom stereocenters. The van der Waals surface area contributed by atoms with Gasteiger partial charge in [-0.15, -0.1) is 10.2 Å². The fourth-order valence-electron chi connectivity index (χ4n) is 3.96. The Balaban J connectivity index is 1.43. The number of benzene rings is 1. The molecule has 1 saturated heterocycles. The summed E-state index contributed by atoms with van der Waals surface area (Å²) in [6.07, 6.45) is 3.32. The molecular formula is C22H24F2N4OS. The minimum atomic E-state index is -2.70. The van der Waals surface area contributed by atoms with E-state index in [4.69, 9.17) is 0 Å². The molecule has 2 aromatic heterocycles. The van der Waals surface area contributed by atoms with Crippen molar-refractivity contribution < 1.29 is 13.6 Å². The molecule has 0 atom stereocenters. The van der Waals surface area contributed by atoms with Crippen molar-refractivity contribution >= 4 is 27.9 Å². The van der Waals surface area contributed by atoms with Crippen LogP contribution in [0.4, 0.5) is 8.78 Å². The molecule has 4 rings (SSSR count). The average molecular weight is 431 g/mol. The van der Waals surface area contributed by atoms with Gasteiger partial charge in [-0.3, -0.25) is 14.7 Å². The lowest BCUT2D eigenvalue weighted by Crippen LogP contribution is -2.42. The number of carbonyl (C=O) groups is 1. The third-order valence-electron chi connectivity index (χ3n) is 5.45. The first-order valence-electron chi connectivity index (χ1n) is 10.1. The first-order valence-corrected chi connectivity index (χ1v) is 10.9. The molecule has 0 aliphatic carbocycles. The van der Waals surface area contributed by atoms with Crippen LogP contribution < -0.4 is 0 Å². The smallest absolute Gasteiger partial charge is 0.257 e. The number of hydrogen-bond donors (Lipinski definition) is 0.